The number of hydrogen-bond donors (Lipinski definition) is 0. The summed E-state index contributed by atoms with van der Waals surface area (Å²) in [6.07, 6.45) is 5.81. The van der Waals surface area contributed by atoms with Crippen LogP contribution >= 0.6 is 23.1 Å². The van der Waals surface area contributed by atoms with Crippen molar-refractivity contribution in [2.75, 3.05) is 56.5 Å². The number of carbonyl (C=O) groups excluding carboxylic acids is 1. The van der Waals surface area contributed by atoms with Crippen molar-refractivity contribution in [2.45, 2.75) is 24.0 Å². The summed E-state index contributed by atoms with van der Waals surface area (Å²) in [7, 11) is 0. The molecule has 1 fully saturated rings. The van der Waals surface area contributed by atoms with Crippen LogP contribution in [0.15, 0.2) is 28.7 Å². The van der Waals surface area contributed by atoms with Gasteiger partial charge in [-0.05, 0) is 38.4 Å². The first kappa shape index (κ1) is 19.7. The summed E-state index contributed by atoms with van der Waals surface area (Å²) in [5.74, 6) is 2.06. The van der Waals surface area contributed by atoms with E-state index in [1.54, 1.807) is 23.7 Å². The Kier molecular flexibility index (Phi) is 6.49. The molecule has 2 aromatic heterocycles. The van der Waals surface area contributed by atoms with Crippen molar-refractivity contribution in [1.82, 2.24) is 19.8 Å². The SMILES string of the molecule is Cc1cc2c(s1)SCCN(CCCCN1CCN(c3ncccn3)CC1)C2=O. The first-order chi connectivity index (χ1) is 13.7. The lowest BCUT2D eigenvalue weighted by molar-refractivity contribution is 0.0761. The number of aromatic nitrogens is 2. The maximum atomic E-state index is 12.8. The molecular weight excluding hydrogens is 390 g/mol. The molecule has 1 amide bonds. The van der Waals surface area contributed by atoms with E-state index >= 15 is 0 Å². The molecule has 28 heavy (non-hydrogen) atoms. The van der Waals surface area contributed by atoms with E-state index in [-0.39, 0.29) is 5.91 Å². The number of amides is 1. The Bertz CT molecular complexity index is 789. The van der Waals surface area contributed by atoms with Crippen molar-refractivity contribution in [3.05, 3.63) is 35.0 Å². The lowest BCUT2D eigenvalue weighted by atomic mass is 10.2. The van der Waals surface area contributed by atoms with Crippen molar-refractivity contribution in [2.24, 2.45) is 0 Å². The summed E-state index contributed by atoms with van der Waals surface area (Å²) < 4.78 is 1.20. The molecule has 2 aliphatic heterocycles. The van der Waals surface area contributed by atoms with E-state index in [1.165, 1.54) is 9.09 Å². The van der Waals surface area contributed by atoms with E-state index in [4.69, 9.17) is 0 Å². The number of nitrogens with zero attached hydrogens (tertiary/aromatic N) is 5. The minimum absolute atomic E-state index is 0.223. The molecule has 0 aromatic carbocycles. The Labute approximate surface area is 174 Å². The van der Waals surface area contributed by atoms with Gasteiger partial charge >= 0.3 is 0 Å². The van der Waals surface area contributed by atoms with Crippen LogP contribution < -0.4 is 4.90 Å². The van der Waals surface area contributed by atoms with Gasteiger partial charge in [0.05, 0.1) is 9.77 Å². The Morgan fingerprint density at radius 3 is 2.57 bits per heavy atom. The standard InChI is InChI=1S/C20H27N5OS2/c1-16-15-17-18(26)24(13-14-27-19(17)28-16)8-3-2-7-23-9-11-25(12-10-23)20-21-5-4-6-22-20/h4-6,15H,2-3,7-14H2,1H3. The van der Waals surface area contributed by atoms with Gasteiger partial charge in [0.1, 0.15) is 0 Å². The molecule has 0 unspecified atom stereocenters. The molecule has 0 atom stereocenters. The van der Waals surface area contributed by atoms with Crippen molar-refractivity contribution in [3.8, 4) is 0 Å². The monoisotopic (exact) mass is 417 g/mol. The zero-order valence-corrected chi connectivity index (χ0v) is 18.0. The van der Waals surface area contributed by atoms with Crippen molar-refractivity contribution < 1.29 is 4.79 Å². The number of piperazine rings is 1. The fourth-order valence-electron chi connectivity index (χ4n) is 3.75. The Morgan fingerprint density at radius 1 is 1.04 bits per heavy atom. The van der Waals surface area contributed by atoms with Gasteiger partial charge in [-0.15, -0.1) is 23.1 Å². The van der Waals surface area contributed by atoms with Gasteiger partial charge in [-0.1, -0.05) is 0 Å². The number of aryl methyl sites for hydroxylation is 1. The zero-order valence-electron chi connectivity index (χ0n) is 16.3. The number of hydrogen-bond acceptors (Lipinski definition) is 7. The summed E-state index contributed by atoms with van der Waals surface area (Å²) in [5.41, 5.74) is 0.921. The smallest absolute Gasteiger partial charge is 0.255 e. The normalized spacial score (nSPS) is 18.2. The second-order valence-corrected chi connectivity index (χ2v) is 9.90. The van der Waals surface area contributed by atoms with Crippen LogP contribution in [-0.2, 0) is 0 Å². The van der Waals surface area contributed by atoms with Crippen molar-refractivity contribution in [1.29, 1.82) is 0 Å². The van der Waals surface area contributed by atoms with Crippen LogP contribution in [0.3, 0.4) is 0 Å². The van der Waals surface area contributed by atoms with Gasteiger partial charge in [-0.3, -0.25) is 9.69 Å². The van der Waals surface area contributed by atoms with E-state index in [0.717, 1.165) is 75.9 Å². The molecular formula is C20H27N5OS2. The first-order valence-electron chi connectivity index (χ1n) is 9.97. The van der Waals surface area contributed by atoms with Crippen LogP contribution in [0.5, 0.6) is 0 Å². The third-order valence-electron chi connectivity index (χ3n) is 5.29. The molecule has 0 spiro atoms. The van der Waals surface area contributed by atoms with Crippen LogP contribution in [0.1, 0.15) is 28.1 Å². The molecule has 150 valence electrons. The highest BCUT2D eigenvalue weighted by molar-refractivity contribution is 8.01. The number of fused-ring (bicyclic) bond motifs is 1. The maximum Gasteiger partial charge on any atom is 0.255 e. The third kappa shape index (κ3) is 4.67. The number of thiophene rings is 1. The van der Waals surface area contributed by atoms with Gasteiger partial charge in [0.15, 0.2) is 0 Å². The molecule has 8 heteroatoms. The van der Waals surface area contributed by atoms with Gasteiger partial charge in [0.25, 0.3) is 5.91 Å². The van der Waals surface area contributed by atoms with E-state index in [0.29, 0.717) is 0 Å². The number of rotatable bonds is 6. The van der Waals surface area contributed by atoms with E-state index in [2.05, 4.69) is 37.7 Å². The Morgan fingerprint density at radius 2 is 1.79 bits per heavy atom. The van der Waals surface area contributed by atoms with Crippen LogP contribution in [0.25, 0.3) is 0 Å². The van der Waals surface area contributed by atoms with Crippen LogP contribution in [0.4, 0.5) is 5.95 Å². The lowest BCUT2D eigenvalue weighted by Gasteiger charge is -2.34. The highest BCUT2D eigenvalue weighted by atomic mass is 32.2. The summed E-state index contributed by atoms with van der Waals surface area (Å²) in [4.78, 5) is 29.5. The van der Waals surface area contributed by atoms with Gasteiger partial charge in [0.2, 0.25) is 5.95 Å². The molecule has 0 radical (unpaired) electrons. The number of carbonyl (C=O) groups is 1. The number of thioether (sulfide) groups is 1. The largest absolute Gasteiger partial charge is 0.338 e. The van der Waals surface area contributed by atoms with Gasteiger partial charge in [-0.2, -0.15) is 0 Å². The molecule has 2 aromatic rings. The molecule has 2 aliphatic rings. The molecule has 4 rings (SSSR count). The number of unbranched alkanes of at least 4 members (excludes halogenated alkanes) is 1. The topological polar surface area (TPSA) is 52.6 Å². The molecule has 4 heterocycles. The summed E-state index contributed by atoms with van der Waals surface area (Å²) in [5, 5.41) is 0. The predicted octanol–water partition coefficient (Wildman–Crippen LogP) is 3.00. The summed E-state index contributed by atoms with van der Waals surface area (Å²) in [6.45, 7) is 8.97. The zero-order chi connectivity index (χ0) is 19.3. The van der Waals surface area contributed by atoms with Crippen molar-refractivity contribution >= 4 is 35.0 Å². The highest BCUT2D eigenvalue weighted by Crippen LogP contribution is 2.34. The molecule has 0 aliphatic carbocycles. The fraction of sp³-hybridized carbons (Fsp3) is 0.550. The number of anilines is 1. The van der Waals surface area contributed by atoms with E-state index < -0.39 is 0 Å². The summed E-state index contributed by atoms with van der Waals surface area (Å²) in [6, 6.07) is 3.91. The van der Waals surface area contributed by atoms with Gasteiger partial charge in [-0.25, -0.2) is 9.97 Å². The molecule has 0 N–H and O–H groups in total. The lowest BCUT2D eigenvalue weighted by Crippen LogP contribution is -2.47. The molecule has 0 saturated carbocycles. The maximum absolute atomic E-state index is 12.8. The molecule has 1 saturated heterocycles. The van der Waals surface area contributed by atoms with Crippen LogP contribution in [0.2, 0.25) is 0 Å². The van der Waals surface area contributed by atoms with E-state index in [1.807, 2.05) is 17.8 Å². The molecule has 6 nitrogen and oxygen atoms in total. The average molecular weight is 418 g/mol. The predicted molar refractivity (Wildman–Crippen MR) is 116 cm³/mol. The summed E-state index contributed by atoms with van der Waals surface area (Å²) >= 11 is 3.58. The average Bonchev–Trinajstić information content (AvgIpc) is 3.04. The van der Waals surface area contributed by atoms with Crippen molar-refractivity contribution in [3.63, 3.8) is 0 Å². The minimum atomic E-state index is 0.223. The van der Waals surface area contributed by atoms with E-state index in [9.17, 15) is 4.79 Å². The quantitative estimate of drug-likeness (QED) is 0.674. The molecule has 0 bridgehead atoms. The second kappa shape index (κ2) is 9.24. The third-order valence-corrected chi connectivity index (χ3v) is 7.61. The Hall–Kier alpha value is -1.64. The fourth-order valence-corrected chi connectivity index (χ4v) is 6.15. The van der Waals surface area contributed by atoms with Gasteiger partial charge in [0, 0.05) is 62.3 Å². The van der Waals surface area contributed by atoms with Crippen LogP contribution in [-0.4, -0.2) is 77.2 Å². The Balaban J connectivity index is 1.19. The second-order valence-electron chi connectivity index (χ2n) is 7.28. The van der Waals surface area contributed by atoms with Gasteiger partial charge < -0.3 is 9.80 Å². The highest BCUT2D eigenvalue weighted by Gasteiger charge is 2.24. The van der Waals surface area contributed by atoms with Crippen LogP contribution in [0, 0.1) is 6.92 Å². The first-order valence-corrected chi connectivity index (χ1v) is 11.8. The minimum Gasteiger partial charge on any atom is -0.338 e.